The van der Waals surface area contributed by atoms with E-state index in [0.29, 0.717) is 112 Å². The molecule has 8 N–H and O–H groups in total. The van der Waals surface area contributed by atoms with Crippen LogP contribution in [0.5, 0.6) is 0 Å². The maximum absolute atomic E-state index is 14.7. The van der Waals surface area contributed by atoms with E-state index in [9.17, 15) is 37.5 Å². The first-order valence-corrected chi connectivity index (χ1v) is 30.9. The maximum Gasteiger partial charge on any atom is 0.251 e. The number of rotatable bonds is 18. The minimum atomic E-state index is -0.915. The number of nitrogens with zero attached hydrogens (tertiary/aromatic N) is 6. The second-order valence-electron chi connectivity index (χ2n) is 26.6. The van der Waals surface area contributed by atoms with Crippen molar-refractivity contribution in [2.45, 2.75) is 127 Å². The Morgan fingerprint density at radius 3 is 1.35 bits per heavy atom. The van der Waals surface area contributed by atoms with Gasteiger partial charge in [0.05, 0.1) is 37.7 Å². The van der Waals surface area contributed by atoms with Crippen molar-refractivity contribution in [3.8, 4) is 0 Å². The summed E-state index contributed by atoms with van der Waals surface area (Å²) in [5, 5.41) is 7.24. The van der Waals surface area contributed by atoms with Crippen LogP contribution in [-0.2, 0) is 65.2 Å². The number of piperazine rings is 2. The van der Waals surface area contributed by atoms with Gasteiger partial charge in [-0.2, -0.15) is 0 Å². The zero-order valence-corrected chi connectivity index (χ0v) is 51.3. The smallest absolute Gasteiger partial charge is 0.251 e. The number of benzene rings is 3. The molecule has 20 nitrogen and oxygen atoms in total. The monoisotopic (exact) mass is 1210 g/mol. The van der Waals surface area contributed by atoms with Gasteiger partial charge < -0.3 is 51.3 Å². The number of hydrogen-bond acceptors (Lipinski definition) is 14. The number of primary amides is 2. The highest BCUT2D eigenvalue weighted by molar-refractivity contribution is 5.98. The van der Waals surface area contributed by atoms with E-state index in [1.165, 1.54) is 24.3 Å². The number of carbonyl (C=O) groups excluding carboxylic acids is 4. The van der Waals surface area contributed by atoms with E-state index in [-0.39, 0.29) is 97.9 Å². The summed E-state index contributed by atoms with van der Waals surface area (Å²) >= 11 is 0. The molecule has 3 aromatic carbocycles. The number of aromatic amines is 2. The summed E-state index contributed by atoms with van der Waals surface area (Å²) in [6.07, 6.45) is -0.443. The first-order chi connectivity index (χ1) is 42.0. The van der Waals surface area contributed by atoms with Crippen molar-refractivity contribution in [2.75, 3.05) is 102 Å². The minimum Gasteiger partial charge on any atom is -0.367 e. The fourth-order valence-electron chi connectivity index (χ4n) is 14.3. The quantitative estimate of drug-likeness (QED) is 0.0739. The standard InChI is InChI=1S/C66H84F2N12O8/c1-39-31-77(35-55(81)79-37-65(3,4)59-53(79)27-45(63(85)73-59)23-41-10-14-47(67)15-11-41)49(29-71-39)33-75-18-20-87-57(61(69)83)51(75)25-43-8-7-9-44(22-43)26-52-58(62(70)84)88-21-19-76(52)34-50-30-72-40(2)32-78(50)36-56(82)80-38-66(5,6)60-54(80)28-46(64(86)74-60)24-42-12-16-48(68)17-13-42/h7-17,22,27-28,39-40,49-52,57-58,71-72H,18-21,23-26,29-38H2,1-6H3,(H2,69,83)(H2,70,84)(H,73,85)(H,74,86)/t39-,40-,49-,50-,51?,52?,57?,58?/m1/s1. The number of ether oxygens (including phenoxy) is 2. The van der Waals surface area contributed by atoms with E-state index < -0.39 is 46.9 Å². The molecule has 0 radical (unpaired) electrons. The highest BCUT2D eigenvalue weighted by atomic mass is 19.1. The molecule has 2 aromatic heterocycles. The molecule has 470 valence electrons. The molecule has 8 heterocycles. The fourth-order valence-corrected chi connectivity index (χ4v) is 14.3. The number of anilines is 2. The summed E-state index contributed by atoms with van der Waals surface area (Å²) in [7, 11) is 0. The van der Waals surface area contributed by atoms with E-state index in [0.717, 1.165) is 22.3 Å². The Labute approximate surface area is 512 Å². The molecule has 0 aliphatic carbocycles. The molecule has 4 fully saturated rings. The second kappa shape index (κ2) is 25.8. The van der Waals surface area contributed by atoms with E-state index in [2.05, 4.69) is 60.1 Å². The van der Waals surface area contributed by atoms with E-state index in [1.807, 2.05) is 58.0 Å². The van der Waals surface area contributed by atoms with Crippen LogP contribution in [0.15, 0.2) is 94.5 Å². The van der Waals surface area contributed by atoms with Gasteiger partial charge in [0, 0.05) is 148 Å². The number of hydrogen-bond donors (Lipinski definition) is 6. The molecular weight excluding hydrogens is 1130 g/mol. The molecular formula is C66H84F2N12O8. The van der Waals surface area contributed by atoms with Crippen LogP contribution in [0.3, 0.4) is 0 Å². The van der Waals surface area contributed by atoms with E-state index in [4.69, 9.17) is 20.9 Å². The number of nitrogens with one attached hydrogen (secondary N) is 4. The Morgan fingerprint density at radius 1 is 0.568 bits per heavy atom. The molecule has 4 saturated heterocycles. The lowest BCUT2D eigenvalue weighted by Crippen LogP contribution is -2.64. The zero-order chi connectivity index (χ0) is 62.3. The van der Waals surface area contributed by atoms with Crippen LogP contribution in [0.4, 0.5) is 20.2 Å². The molecule has 0 bridgehead atoms. The number of pyridine rings is 2. The average molecular weight is 1210 g/mol. The largest absolute Gasteiger partial charge is 0.367 e. The Kier molecular flexibility index (Phi) is 18.4. The van der Waals surface area contributed by atoms with Crippen LogP contribution in [0, 0.1) is 11.6 Å². The Bertz CT molecular complexity index is 3300. The molecule has 4 amide bonds. The van der Waals surface area contributed by atoms with Gasteiger partial charge in [0.2, 0.25) is 23.6 Å². The predicted molar refractivity (Wildman–Crippen MR) is 331 cm³/mol. The molecule has 6 aliphatic rings. The summed E-state index contributed by atoms with van der Waals surface area (Å²) in [5.74, 6) is -2.06. The van der Waals surface area contributed by atoms with Gasteiger partial charge in [-0.3, -0.25) is 48.4 Å². The normalized spacial score (nSPS) is 25.8. The molecule has 4 unspecified atom stereocenters. The second-order valence-corrected chi connectivity index (χ2v) is 26.6. The highest BCUT2D eigenvalue weighted by Gasteiger charge is 2.45. The Morgan fingerprint density at radius 2 is 0.966 bits per heavy atom. The van der Waals surface area contributed by atoms with Gasteiger partial charge in [0.25, 0.3) is 11.1 Å². The van der Waals surface area contributed by atoms with Gasteiger partial charge in [-0.15, -0.1) is 0 Å². The SMILES string of the molecule is C[C@@H]1CN(CC(=O)N2CC(C)(C)c3[nH]c(=O)c(Cc4ccc(F)cc4)cc32)[C@@H](CN2CCOC(C(N)=O)C2Cc2cccc(CC3C(C(N)=O)OCCN3C[C@H]3CN[C@H](C)CN3CC(=O)N3CC(C)(C)c4[nH]c(=O)c(Cc5ccc(F)cc5)cc43)c2)CN1. The van der Waals surface area contributed by atoms with Crippen molar-refractivity contribution in [3.05, 3.63) is 162 Å². The van der Waals surface area contributed by atoms with Gasteiger partial charge in [0.1, 0.15) is 11.6 Å². The van der Waals surface area contributed by atoms with Crippen molar-refractivity contribution < 1.29 is 37.4 Å². The lowest BCUT2D eigenvalue weighted by molar-refractivity contribution is -0.143. The predicted octanol–water partition coefficient (Wildman–Crippen LogP) is 2.69. The molecule has 5 aromatic rings. The lowest BCUT2D eigenvalue weighted by atomic mass is 9.91. The first kappa shape index (κ1) is 62.6. The van der Waals surface area contributed by atoms with Gasteiger partial charge in [-0.25, -0.2) is 8.78 Å². The van der Waals surface area contributed by atoms with Crippen molar-refractivity contribution >= 4 is 35.0 Å². The summed E-state index contributed by atoms with van der Waals surface area (Å²) in [4.78, 5) is 102. The summed E-state index contributed by atoms with van der Waals surface area (Å²) in [5.41, 5.74) is 17.9. The van der Waals surface area contributed by atoms with Crippen molar-refractivity contribution in [1.29, 1.82) is 0 Å². The molecule has 11 rings (SSSR count). The summed E-state index contributed by atoms with van der Waals surface area (Å²) < 4.78 is 39.9. The minimum absolute atomic E-state index is 0.0929. The molecule has 22 heteroatoms. The number of fused-ring (bicyclic) bond motifs is 2. The van der Waals surface area contributed by atoms with Crippen LogP contribution < -0.4 is 43.0 Å². The number of carbonyl (C=O) groups is 4. The van der Waals surface area contributed by atoms with Crippen LogP contribution in [0.25, 0.3) is 0 Å². The number of amides is 4. The van der Waals surface area contributed by atoms with Gasteiger partial charge in [-0.1, -0.05) is 76.2 Å². The third kappa shape index (κ3) is 13.7. The summed E-state index contributed by atoms with van der Waals surface area (Å²) in [6, 6.07) is 22.8. The zero-order valence-electron chi connectivity index (χ0n) is 51.3. The number of H-pyrrole nitrogens is 2. The molecule has 8 atom stereocenters. The highest BCUT2D eigenvalue weighted by Crippen LogP contribution is 2.41. The lowest BCUT2D eigenvalue weighted by Gasteiger charge is -2.46. The fraction of sp³-hybridized carbons (Fsp3) is 0.515. The van der Waals surface area contributed by atoms with Crippen LogP contribution in [0.2, 0.25) is 0 Å². The molecule has 0 saturated carbocycles. The third-order valence-corrected chi connectivity index (χ3v) is 18.9. The number of morpholine rings is 2. The Hall–Kier alpha value is -7.02. The third-order valence-electron chi connectivity index (χ3n) is 18.9. The maximum atomic E-state index is 14.7. The van der Waals surface area contributed by atoms with Crippen LogP contribution in [0.1, 0.15) is 86.3 Å². The molecule has 0 spiro atoms. The molecule has 6 aliphatic heterocycles. The number of aromatic nitrogens is 2. The topological polar surface area (TPSA) is 248 Å². The first-order valence-electron chi connectivity index (χ1n) is 30.9. The van der Waals surface area contributed by atoms with Gasteiger partial charge in [0.15, 0.2) is 12.2 Å². The number of halogens is 2. The Balaban J connectivity index is 0.781. The van der Waals surface area contributed by atoms with Crippen molar-refractivity contribution in [2.24, 2.45) is 11.5 Å². The van der Waals surface area contributed by atoms with Crippen molar-refractivity contribution in [1.82, 2.24) is 40.2 Å². The number of nitrogens with two attached hydrogens (primary N) is 2. The van der Waals surface area contributed by atoms with Crippen LogP contribution >= 0.6 is 0 Å². The van der Waals surface area contributed by atoms with Crippen LogP contribution in [-0.4, -0.2) is 193 Å². The summed E-state index contributed by atoms with van der Waals surface area (Å²) in [6.45, 7) is 18.3. The molecule has 88 heavy (non-hydrogen) atoms. The van der Waals surface area contributed by atoms with Crippen molar-refractivity contribution in [3.63, 3.8) is 0 Å². The van der Waals surface area contributed by atoms with E-state index in [1.54, 1.807) is 34.1 Å². The van der Waals surface area contributed by atoms with Gasteiger partial charge >= 0.3 is 0 Å². The van der Waals surface area contributed by atoms with Gasteiger partial charge in [-0.05, 0) is 85.3 Å². The van der Waals surface area contributed by atoms with E-state index >= 15 is 0 Å². The average Bonchev–Trinajstić information content (AvgIpc) is 1.95.